The lowest BCUT2D eigenvalue weighted by Gasteiger charge is -2.30. The van der Waals surface area contributed by atoms with Gasteiger partial charge in [-0.05, 0) is 31.8 Å². The Labute approximate surface area is 96.0 Å². The molecule has 2 N–H and O–H groups in total. The van der Waals surface area contributed by atoms with E-state index < -0.39 is 0 Å². The van der Waals surface area contributed by atoms with Crippen molar-refractivity contribution in [2.75, 3.05) is 19.6 Å². The highest BCUT2D eigenvalue weighted by Crippen LogP contribution is 2.16. The van der Waals surface area contributed by atoms with Crippen molar-refractivity contribution in [2.24, 2.45) is 11.7 Å². The minimum absolute atomic E-state index is 0.631. The molecule has 1 fully saturated rings. The highest BCUT2D eigenvalue weighted by Gasteiger charge is 2.20. The average Bonchev–Trinajstić information content (AvgIpc) is 2.77. The second-order valence-corrected chi connectivity index (χ2v) is 4.44. The van der Waals surface area contributed by atoms with Crippen molar-refractivity contribution < 1.29 is 4.52 Å². The molecular weight excluding hydrogens is 204 g/mol. The van der Waals surface area contributed by atoms with Crippen LogP contribution in [0.3, 0.4) is 0 Å². The van der Waals surface area contributed by atoms with Crippen molar-refractivity contribution >= 4 is 0 Å². The summed E-state index contributed by atoms with van der Waals surface area (Å²) in [5, 5.41) is 3.97. The summed E-state index contributed by atoms with van der Waals surface area (Å²) in [6.07, 6.45) is 3.28. The number of nitrogens with two attached hydrogens (primary N) is 1. The van der Waals surface area contributed by atoms with Gasteiger partial charge < -0.3 is 10.3 Å². The van der Waals surface area contributed by atoms with E-state index in [1.165, 1.54) is 12.8 Å². The van der Waals surface area contributed by atoms with Gasteiger partial charge in [-0.25, -0.2) is 0 Å². The molecular formula is C11H20N4O. The summed E-state index contributed by atoms with van der Waals surface area (Å²) in [5.74, 6) is 2.16. The molecule has 1 aromatic heterocycles. The van der Waals surface area contributed by atoms with Crippen LogP contribution in [-0.2, 0) is 13.0 Å². The molecule has 1 aliphatic rings. The van der Waals surface area contributed by atoms with E-state index in [2.05, 4.69) is 15.0 Å². The quantitative estimate of drug-likeness (QED) is 0.819. The minimum Gasteiger partial charge on any atom is -0.339 e. The molecule has 1 aliphatic heterocycles. The standard InChI is InChI=1S/C11H20N4O/c1-2-11-13-10(14-16-11)8-15-5-3-4-9(6-12)7-15/h9H,2-8,12H2,1H3. The Morgan fingerprint density at radius 1 is 1.56 bits per heavy atom. The van der Waals surface area contributed by atoms with E-state index in [9.17, 15) is 0 Å². The van der Waals surface area contributed by atoms with Crippen LogP contribution in [0.4, 0.5) is 0 Å². The second-order valence-electron chi connectivity index (χ2n) is 4.44. The van der Waals surface area contributed by atoms with E-state index in [1.54, 1.807) is 0 Å². The first-order chi connectivity index (χ1) is 7.81. The Hall–Kier alpha value is -0.940. The average molecular weight is 224 g/mol. The number of nitrogens with zero attached hydrogens (tertiary/aromatic N) is 3. The zero-order chi connectivity index (χ0) is 11.4. The molecule has 0 saturated carbocycles. The highest BCUT2D eigenvalue weighted by molar-refractivity contribution is 4.87. The fourth-order valence-electron chi connectivity index (χ4n) is 2.19. The van der Waals surface area contributed by atoms with Crippen molar-refractivity contribution in [1.82, 2.24) is 15.0 Å². The van der Waals surface area contributed by atoms with Gasteiger partial charge >= 0.3 is 0 Å². The third kappa shape index (κ3) is 2.80. The first-order valence-electron chi connectivity index (χ1n) is 6.05. The Morgan fingerprint density at radius 3 is 3.12 bits per heavy atom. The van der Waals surface area contributed by atoms with Gasteiger partial charge in [-0.3, -0.25) is 4.90 Å². The Kier molecular flexibility index (Phi) is 3.90. The molecule has 0 spiro atoms. The van der Waals surface area contributed by atoms with Crippen LogP contribution in [-0.4, -0.2) is 34.7 Å². The molecule has 1 atom stereocenters. The number of aryl methyl sites for hydroxylation is 1. The lowest BCUT2D eigenvalue weighted by molar-refractivity contribution is 0.166. The largest absolute Gasteiger partial charge is 0.339 e. The van der Waals surface area contributed by atoms with Crippen molar-refractivity contribution in [1.29, 1.82) is 0 Å². The molecule has 0 amide bonds. The SMILES string of the molecule is CCc1nc(CN2CCCC(CN)C2)no1. The van der Waals surface area contributed by atoms with Gasteiger partial charge in [-0.15, -0.1) is 0 Å². The first-order valence-corrected chi connectivity index (χ1v) is 6.05. The topological polar surface area (TPSA) is 68.2 Å². The maximum atomic E-state index is 5.71. The van der Waals surface area contributed by atoms with E-state index in [-0.39, 0.29) is 0 Å². The van der Waals surface area contributed by atoms with Gasteiger partial charge in [-0.1, -0.05) is 12.1 Å². The van der Waals surface area contributed by atoms with Crippen molar-refractivity contribution in [3.63, 3.8) is 0 Å². The first kappa shape index (κ1) is 11.5. The minimum atomic E-state index is 0.631. The zero-order valence-electron chi connectivity index (χ0n) is 9.85. The van der Waals surface area contributed by atoms with Gasteiger partial charge in [0.05, 0.1) is 6.54 Å². The molecule has 0 aliphatic carbocycles. The lowest BCUT2D eigenvalue weighted by atomic mass is 9.98. The summed E-state index contributed by atoms with van der Waals surface area (Å²) in [6.45, 7) is 5.77. The van der Waals surface area contributed by atoms with E-state index in [4.69, 9.17) is 10.3 Å². The van der Waals surface area contributed by atoms with Gasteiger partial charge in [0.2, 0.25) is 5.89 Å². The lowest BCUT2D eigenvalue weighted by Crippen LogP contribution is -2.38. The fourth-order valence-corrected chi connectivity index (χ4v) is 2.19. The predicted molar refractivity (Wildman–Crippen MR) is 60.7 cm³/mol. The Morgan fingerprint density at radius 2 is 2.44 bits per heavy atom. The number of hydrogen-bond donors (Lipinski definition) is 1. The number of piperidine rings is 1. The molecule has 1 aromatic rings. The van der Waals surface area contributed by atoms with Gasteiger partial charge in [0, 0.05) is 13.0 Å². The van der Waals surface area contributed by atoms with Crippen molar-refractivity contribution in [3.8, 4) is 0 Å². The molecule has 0 aromatic carbocycles. The summed E-state index contributed by atoms with van der Waals surface area (Å²) in [7, 11) is 0. The molecule has 2 rings (SSSR count). The normalized spacial score (nSPS) is 22.5. The second kappa shape index (κ2) is 5.41. The van der Waals surface area contributed by atoms with Gasteiger partial charge in [-0.2, -0.15) is 4.98 Å². The number of hydrogen-bond acceptors (Lipinski definition) is 5. The summed E-state index contributed by atoms with van der Waals surface area (Å²) in [4.78, 5) is 6.69. The number of rotatable bonds is 4. The van der Waals surface area contributed by atoms with Crippen LogP contribution in [0.15, 0.2) is 4.52 Å². The smallest absolute Gasteiger partial charge is 0.226 e. The van der Waals surface area contributed by atoms with Crippen LogP contribution in [0.1, 0.15) is 31.5 Å². The van der Waals surface area contributed by atoms with Crippen LogP contribution in [0.5, 0.6) is 0 Å². The monoisotopic (exact) mass is 224 g/mol. The maximum Gasteiger partial charge on any atom is 0.226 e. The summed E-state index contributed by atoms with van der Waals surface area (Å²) in [5.41, 5.74) is 5.71. The molecule has 0 radical (unpaired) electrons. The third-order valence-corrected chi connectivity index (χ3v) is 3.11. The summed E-state index contributed by atoms with van der Waals surface area (Å²) in [6, 6.07) is 0. The Balaban J connectivity index is 1.88. The molecule has 2 heterocycles. The van der Waals surface area contributed by atoms with Crippen LogP contribution < -0.4 is 5.73 Å². The van der Waals surface area contributed by atoms with E-state index >= 15 is 0 Å². The molecule has 0 bridgehead atoms. The summed E-state index contributed by atoms with van der Waals surface area (Å²) < 4.78 is 5.10. The third-order valence-electron chi connectivity index (χ3n) is 3.11. The zero-order valence-corrected chi connectivity index (χ0v) is 9.85. The molecule has 1 saturated heterocycles. The van der Waals surface area contributed by atoms with Crippen LogP contribution in [0.25, 0.3) is 0 Å². The van der Waals surface area contributed by atoms with E-state index in [1.807, 2.05) is 6.92 Å². The van der Waals surface area contributed by atoms with Gasteiger partial charge in [0.1, 0.15) is 0 Å². The number of likely N-dealkylation sites (tertiary alicyclic amines) is 1. The van der Waals surface area contributed by atoms with Crippen LogP contribution in [0, 0.1) is 5.92 Å². The fraction of sp³-hybridized carbons (Fsp3) is 0.818. The maximum absolute atomic E-state index is 5.71. The summed E-state index contributed by atoms with van der Waals surface area (Å²) >= 11 is 0. The van der Waals surface area contributed by atoms with Gasteiger partial charge in [0.15, 0.2) is 5.82 Å². The molecule has 5 heteroatoms. The molecule has 5 nitrogen and oxygen atoms in total. The van der Waals surface area contributed by atoms with E-state index in [0.29, 0.717) is 5.92 Å². The van der Waals surface area contributed by atoms with Crippen molar-refractivity contribution in [2.45, 2.75) is 32.7 Å². The molecule has 16 heavy (non-hydrogen) atoms. The predicted octanol–water partition coefficient (Wildman–Crippen LogP) is 0.803. The van der Waals surface area contributed by atoms with E-state index in [0.717, 1.165) is 44.3 Å². The Bertz CT molecular complexity index is 326. The van der Waals surface area contributed by atoms with Crippen LogP contribution >= 0.6 is 0 Å². The molecule has 90 valence electrons. The van der Waals surface area contributed by atoms with Gasteiger partial charge in [0.25, 0.3) is 0 Å². The highest BCUT2D eigenvalue weighted by atomic mass is 16.5. The van der Waals surface area contributed by atoms with Crippen molar-refractivity contribution in [3.05, 3.63) is 11.7 Å². The number of aromatic nitrogens is 2. The van der Waals surface area contributed by atoms with Crippen LogP contribution in [0.2, 0.25) is 0 Å². The molecule has 1 unspecified atom stereocenters.